The molecule has 4 heteroatoms. The van der Waals surface area contributed by atoms with Crippen molar-refractivity contribution in [2.24, 2.45) is 11.8 Å². The summed E-state index contributed by atoms with van der Waals surface area (Å²) in [5.74, 6) is 1.37. The van der Waals surface area contributed by atoms with Crippen molar-refractivity contribution in [1.82, 2.24) is 9.80 Å². The van der Waals surface area contributed by atoms with Crippen LogP contribution in [0.5, 0.6) is 0 Å². The monoisotopic (exact) mass is 342 g/mol. The number of hydrogen-bond donors (Lipinski definition) is 0. The fourth-order valence-electron chi connectivity index (χ4n) is 3.94. The van der Waals surface area contributed by atoms with Crippen molar-refractivity contribution in [3.63, 3.8) is 0 Å². The van der Waals surface area contributed by atoms with Crippen molar-refractivity contribution in [2.75, 3.05) is 26.2 Å². The zero-order chi connectivity index (χ0) is 17.6. The van der Waals surface area contributed by atoms with E-state index in [4.69, 9.17) is 0 Å². The van der Waals surface area contributed by atoms with Gasteiger partial charge in [0, 0.05) is 26.2 Å². The molecule has 136 valence electrons. The smallest absolute Gasteiger partial charge is 0.232 e. The van der Waals surface area contributed by atoms with Crippen LogP contribution in [-0.2, 0) is 16.0 Å². The van der Waals surface area contributed by atoms with Gasteiger partial charge in [0.15, 0.2) is 0 Å². The normalized spacial score (nSPS) is 19.9. The molecule has 2 aliphatic heterocycles. The van der Waals surface area contributed by atoms with Gasteiger partial charge in [-0.1, -0.05) is 37.3 Å². The van der Waals surface area contributed by atoms with Crippen molar-refractivity contribution < 1.29 is 9.59 Å². The molecule has 3 rings (SSSR count). The first-order chi connectivity index (χ1) is 12.1. The average Bonchev–Trinajstić information content (AvgIpc) is 2.63. The number of amides is 2. The Morgan fingerprint density at radius 3 is 1.96 bits per heavy atom. The maximum absolute atomic E-state index is 12.5. The molecule has 0 radical (unpaired) electrons. The fourth-order valence-corrected chi connectivity index (χ4v) is 3.94. The summed E-state index contributed by atoms with van der Waals surface area (Å²) in [6.07, 6.45) is 5.34. The molecule has 2 fully saturated rings. The minimum atomic E-state index is 0.0155. The average molecular weight is 342 g/mol. The van der Waals surface area contributed by atoms with Crippen LogP contribution < -0.4 is 0 Å². The van der Waals surface area contributed by atoms with E-state index in [2.05, 4.69) is 31.2 Å². The number of hydrogen-bond acceptors (Lipinski definition) is 2. The number of nitrogens with zero attached hydrogens (tertiary/aromatic N) is 2. The minimum absolute atomic E-state index is 0.0155. The summed E-state index contributed by atoms with van der Waals surface area (Å²) in [6, 6.07) is 10.6. The first kappa shape index (κ1) is 18.0. The van der Waals surface area contributed by atoms with Crippen LogP contribution in [0.2, 0.25) is 0 Å². The van der Waals surface area contributed by atoms with Crippen LogP contribution in [0, 0.1) is 11.8 Å². The summed E-state index contributed by atoms with van der Waals surface area (Å²) < 4.78 is 0. The standard InChI is InChI=1S/C21H30N2O2/c1-17-7-11-22(12-8-17)20(24)16-21(25)23-13-9-19(10-14-23)15-18-5-3-2-4-6-18/h2-6,17,19H,7-16H2,1H3. The van der Waals surface area contributed by atoms with E-state index in [1.54, 1.807) is 0 Å². The molecule has 4 nitrogen and oxygen atoms in total. The summed E-state index contributed by atoms with van der Waals surface area (Å²) in [5, 5.41) is 0. The summed E-state index contributed by atoms with van der Waals surface area (Å²) >= 11 is 0. The zero-order valence-corrected chi connectivity index (χ0v) is 15.3. The molecule has 0 spiro atoms. The maximum atomic E-state index is 12.5. The molecule has 0 unspecified atom stereocenters. The minimum Gasteiger partial charge on any atom is -0.342 e. The van der Waals surface area contributed by atoms with Crippen molar-refractivity contribution in [1.29, 1.82) is 0 Å². The van der Waals surface area contributed by atoms with Gasteiger partial charge in [-0.05, 0) is 49.5 Å². The van der Waals surface area contributed by atoms with Crippen LogP contribution in [-0.4, -0.2) is 47.8 Å². The molecular formula is C21H30N2O2. The van der Waals surface area contributed by atoms with Gasteiger partial charge in [0.05, 0.1) is 0 Å². The molecule has 1 aromatic rings. The van der Waals surface area contributed by atoms with Gasteiger partial charge in [-0.3, -0.25) is 9.59 Å². The molecule has 2 heterocycles. The molecule has 2 amide bonds. The van der Waals surface area contributed by atoms with Crippen LogP contribution in [0.1, 0.15) is 44.6 Å². The number of carbonyl (C=O) groups is 2. The Bertz CT molecular complexity index is 571. The van der Waals surface area contributed by atoms with Crippen LogP contribution in [0.4, 0.5) is 0 Å². The third-order valence-corrected chi connectivity index (χ3v) is 5.77. The van der Waals surface area contributed by atoms with Crippen molar-refractivity contribution >= 4 is 11.8 Å². The second kappa shape index (κ2) is 8.50. The Labute approximate surface area is 151 Å². The van der Waals surface area contributed by atoms with Gasteiger partial charge in [-0.15, -0.1) is 0 Å². The van der Waals surface area contributed by atoms with Gasteiger partial charge in [0.25, 0.3) is 0 Å². The van der Waals surface area contributed by atoms with Crippen LogP contribution in [0.15, 0.2) is 30.3 Å². The third kappa shape index (κ3) is 5.07. The Morgan fingerprint density at radius 2 is 1.40 bits per heavy atom. The number of likely N-dealkylation sites (tertiary alicyclic amines) is 2. The quantitative estimate of drug-likeness (QED) is 0.789. The molecule has 0 aliphatic carbocycles. The predicted molar refractivity (Wildman–Crippen MR) is 99.0 cm³/mol. The van der Waals surface area contributed by atoms with Gasteiger partial charge in [0.1, 0.15) is 6.42 Å². The lowest BCUT2D eigenvalue weighted by Crippen LogP contribution is -2.43. The van der Waals surface area contributed by atoms with Gasteiger partial charge in [-0.2, -0.15) is 0 Å². The highest BCUT2D eigenvalue weighted by molar-refractivity contribution is 5.97. The number of benzene rings is 1. The van der Waals surface area contributed by atoms with Crippen LogP contribution in [0.25, 0.3) is 0 Å². The van der Waals surface area contributed by atoms with Gasteiger partial charge in [0.2, 0.25) is 11.8 Å². The summed E-state index contributed by atoms with van der Waals surface area (Å²) in [4.78, 5) is 28.6. The molecule has 1 aromatic carbocycles. The van der Waals surface area contributed by atoms with E-state index in [0.29, 0.717) is 11.8 Å². The lowest BCUT2D eigenvalue weighted by molar-refractivity contribution is -0.142. The summed E-state index contributed by atoms with van der Waals surface area (Å²) in [6.45, 7) is 5.44. The largest absolute Gasteiger partial charge is 0.342 e. The van der Waals surface area contributed by atoms with Gasteiger partial charge < -0.3 is 9.80 Å². The maximum Gasteiger partial charge on any atom is 0.232 e. The molecule has 0 bridgehead atoms. The molecule has 25 heavy (non-hydrogen) atoms. The SMILES string of the molecule is CC1CCN(C(=O)CC(=O)N2CCC(Cc3ccccc3)CC2)CC1. The first-order valence-electron chi connectivity index (χ1n) is 9.71. The first-order valence-corrected chi connectivity index (χ1v) is 9.71. The highest BCUT2D eigenvalue weighted by Gasteiger charge is 2.27. The number of piperidine rings is 2. The molecule has 2 saturated heterocycles. The zero-order valence-electron chi connectivity index (χ0n) is 15.3. The second-order valence-electron chi connectivity index (χ2n) is 7.75. The molecule has 2 aliphatic rings. The van der Waals surface area contributed by atoms with Crippen LogP contribution >= 0.6 is 0 Å². The molecule has 0 aromatic heterocycles. The van der Waals surface area contributed by atoms with E-state index >= 15 is 0 Å². The fraction of sp³-hybridized carbons (Fsp3) is 0.619. The number of carbonyl (C=O) groups excluding carboxylic acids is 2. The number of rotatable bonds is 4. The Morgan fingerprint density at radius 1 is 0.880 bits per heavy atom. The summed E-state index contributed by atoms with van der Waals surface area (Å²) in [5.41, 5.74) is 1.38. The van der Waals surface area contributed by atoms with Crippen molar-refractivity contribution in [2.45, 2.75) is 45.4 Å². The van der Waals surface area contributed by atoms with E-state index in [0.717, 1.165) is 58.3 Å². The highest BCUT2D eigenvalue weighted by Crippen LogP contribution is 2.22. The molecule has 0 N–H and O–H groups in total. The Balaban J connectivity index is 1.41. The topological polar surface area (TPSA) is 40.6 Å². The van der Waals surface area contributed by atoms with Crippen molar-refractivity contribution in [3.05, 3.63) is 35.9 Å². The van der Waals surface area contributed by atoms with E-state index in [1.165, 1.54) is 5.56 Å². The highest BCUT2D eigenvalue weighted by atomic mass is 16.2. The molecular weight excluding hydrogens is 312 g/mol. The van der Waals surface area contributed by atoms with Gasteiger partial charge in [-0.25, -0.2) is 0 Å². The second-order valence-corrected chi connectivity index (χ2v) is 7.75. The van der Waals surface area contributed by atoms with E-state index in [1.807, 2.05) is 15.9 Å². The molecule has 0 saturated carbocycles. The lowest BCUT2D eigenvalue weighted by atomic mass is 9.90. The van der Waals surface area contributed by atoms with Gasteiger partial charge >= 0.3 is 0 Å². The third-order valence-electron chi connectivity index (χ3n) is 5.77. The van der Waals surface area contributed by atoms with Crippen molar-refractivity contribution in [3.8, 4) is 0 Å². The Hall–Kier alpha value is -1.84. The lowest BCUT2D eigenvalue weighted by Gasteiger charge is -2.34. The van der Waals surface area contributed by atoms with E-state index in [9.17, 15) is 9.59 Å². The molecule has 0 atom stereocenters. The van der Waals surface area contributed by atoms with Crippen LogP contribution in [0.3, 0.4) is 0 Å². The predicted octanol–water partition coefficient (Wildman–Crippen LogP) is 3.12. The Kier molecular flexibility index (Phi) is 6.11. The van der Waals surface area contributed by atoms with E-state index < -0.39 is 0 Å². The van der Waals surface area contributed by atoms with E-state index in [-0.39, 0.29) is 18.2 Å². The summed E-state index contributed by atoms with van der Waals surface area (Å²) in [7, 11) is 0.